The average Bonchev–Trinajstić information content (AvgIpc) is 3.09. The summed E-state index contributed by atoms with van der Waals surface area (Å²) in [6.07, 6.45) is 12.4. The van der Waals surface area contributed by atoms with Crippen LogP contribution in [0.3, 0.4) is 0 Å². The molecular weight excluding hydrogens is 398 g/mol. The van der Waals surface area contributed by atoms with Crippen LogP contribution in [0.1, 0.15) is 79.1 Å². The molecule has 182 valence electrons. The van der Waals surface area contributed by atoms with Crippen molar-refractivity contribution >= 4 is 0 Å². The van der Waals surface area contributed by atoms with E-state index in [1.807, 2.05) is 0 Å². The number of hydrogen-bond donors (Lipinski definition) is 2. The van der Waals surface area contributed by atoms with E-state index in [4.69, 9.17) is 4.74 Å². The lowest BCUT2D eigenvalue weighted by Crippen LogP contribution is -2.51. The molecule has 4 nitrogen and oxygen atoms in total. The fourth-order valence-corrected chi connectivity index (χ4v) is 7.74. The Labute approximate surface area is 196 Å². The molecule has 0 aromatic rings. The Bertz CT molecular complexity index is 689. The summed E-state index contributed by atoms with van der Waals surface area (Å²) >= 11 is 0. The van der Waals surface area contributed by atoms with Crippen LogP contribution in [0.5, 0.6) is 0 Å². The van der Waals surface area contributed by atoms with Gasteiger partial charge in [-0.15, -0.1) is 0 Å². The van der Waals surface area contributed by atoms with Crippen molar-refractivity contribution in [3.8, 4) is 0 Å². The molecular formula is C28H47NO3. The van der Waals surface area contributed by atoms with Gasteiger partial charge < -0.3 is 14.9 Å². The largest absolute Gasteiger partial charge is 0.393 e. The molecule has 1 saturated heterocycles. The van der Waals surface area contributed by atoms with Gasteiger partial charge in [0.15, 0.2) is 0 Å². The smallest absolute Gasteiger partial charge is 0.0624 e. The van der Waals surface area contributed by atoms with Gasteiger partial charge in [0, 0.05) is 19.1 Å². The second-order valence-electron chi connectivity index (χ2n) is 12.0. The summed E-state index contributed by atoms with van der Waals surface area (Å²) in [6, 6.07) is 0.561. The first-order valence-electron chi connectivity index (χ1n) is 13.3. The highest BCUT2D eigenvalue weighted by atomic mass is 16.5. The SMILES string of the molecule is CC(C)[C@H]1COCCN1CC(C)[C@H]1CC[C@H]2/C(=C/C=C3C[C@@H](O)C[C@H](O)C3)CCC[C@]12C. The molecule has 0 spiro atoms. The summed E-state index contributed by atoms with van der Waals surface area (Å²) in [6.45, 7) is 13.8. The third kappa shape index (κ3) is 5.19. The lowest BCUT2D eigenvalue weighted by atomic mass is 9.61. The van der Waals surface area contributed by atoms with Gasteiger partial charge in [0.25, 0.3) is 0 Å². The molecule has 1 unspecified atom stereocenters. The summed E-state index contributed by atoms with van der Waals surface area (Å²) in [5, 5.41) is 20.1. The second-order valence-corrected chi connectivity index (χ2v) is 12.0. The highest BCUT2D eigenvalue weighted by Crippen LogP contribution is 2.59. The number of aliphatic hydroxyl groups is 2. The number of hydrogen-bond acceptors (Lipinski definition) is 4. The van der Waals surface area contributed by atoms with E-state index in [1.165, 1.54) is 44.2 Å². The zero-order valence-corrected chi connectivity index (χ0v) is 20.9. The lowest BCUT2D eigenvalue weighted by molar-refractivity contribution is -0.0389. The van der Waals surface area contributed by atoms with Crippen LogP contribution in [-0.2, 0) is 4.74 Å². The Morgan fingerprint density at radius 2 is 1.88 bits per heavy atom. The first-order chi connectivity index (χ1) is 15.3. The molecule has 4 heteroatoms. The normalized spacial score (nSPS) is 41.2. The summed E-state index contributed by atoms with van der Waals surface area (Å²) in [5.74, 6) is 2.84. The fraction of sp³-hybridized carbons (Fsp3) is 0.857. The Balaban J connectivity index is 1.45. The highest BCUT2D eigenvalue weighted by molar-refractivity contribution is 5.26. The molecule has 0 radical (unpaired) electrons. The van der Waals surface area contributed by atoms with Gasteiger partial charge in [-0.1, -0.05) is 51.0 Å². The van der Waals surface area contributed by atoms with Gasteiger partial charge in [-0.05, 0) is 80.5 Å². The molecule has 0 bridgehead atoms. The molecule has 0 aromatic carbocycles. The van der Waals surface area contributed by atoms with Crippen molar-refractivity contribution in [3.05, 3.63) is 23.3 Å². The Kier molecular flexibility index (Phi) is 7.86. The van der Waals surface area contributed by atoms with Crippen LogP contribution in [0, 0.1) is 29.1 Å². The van der Waals surface area contributed by atoms with Gasteiger partial charge in [0.2, 0.25) is 0 Å². The maximum absolute atomic E-state index is 10.0. The van der Waals surface area contributed by atoms with Gasteiger partial charge in [0.05, 0.1) is 25.4 Å². The van der Waals surface area contributed by atoms with Crippen LogP contribution in [-0.4, -0.2) is 59.7 Å². The van der Waals surface area contributed by atoms with Crippen molar-refractivity contribution in [1.82, 2.24) is 4.90 Å². The van der Waals surface area contributed by atoms with Gasteiger partial charge in [-0.3, -0.25) is 4.90 Å². The third-order valence-electron chi connectivity index (χ3n) is 9.37. The van der Waals surface area contributed by atoms with Crippen LogP contribution < -0.4 is 0 Å². The summed E-state index contributed by atoms with van der Waals surface area (Å²) in [5.41, 5.74) is 3.25. The summed E-state index contributed by atoms with van der Waals surface area (Å²) < 4.78 is 5.80. The van der Waals surface area contributed by atoms with Crippen molar-refractivity contribution in [2.24, 2.45) is 29.1 Å². The molecule has 4 rings (SSSR count). The van der Waals surface area contributed by atoms with E-state index < -0.39 is 0 Å². The van der Waals surface area contributed by atoms with Gasteiger partial charge in [-0.2, -0.15) is 0 Å². The van der Waals surface area contributed by atoms with E-state index in [1.54, 1.807) is 5.57 Å². The third-order valence-corrected chi connectivity index (χ3v) is 9.37. The molecule has 7 atom stereocenters. The number of rotatable bonds is 5. The number of nitrogens with zero attached hydrogens (tertiary/aromatic N) is 1. The minimum atomic E-state index is -0.383. The topological polar surface area (TPSA) is 52.9 Å². The molecule has 3 saturated carbocycles. The monoisotopic (exact) mass is 445 g/mol. The zero-order valence-electron chi connectivity index (χ0n) is 20.9. The predicted octanol–water partition coefficient (Wildman–Crippen LogP) is 4.95. The van der Waals surface area contributed by atoms with E-state index in [-0.39, 0.29) is 12.2 Å². The number of morpholine rings is 1. The van der Waals surface area contributed by atoms with Crippen LogP contribution in [0.15, 0.2) is 23.3 Å². The van der Waals surface area contributed by atoms with Crippen LogP contribution >= 0.6 is 0 Å². The maximum Gasteiger partial charge on any atom is 0.0624 e. The Morgan fingerprint density at radius 1 is 1.12 bits per heavy atom. The number of aliphatic hydroxyl groups excluding tert-OH is 2. The van der Waals surface area contributed by atoms with E-state index in [0.717, 1.165) is 38.5 Å². The van der Waals surface area contributed by atoms with Crippen LogP contribution in [0.4, 0.5) is 0 Å². The zero-order chi connectivity index (χ0) is 22.9. The minimum Gasteiger partial charge on any atom is -0.393 e. The van der Waals surface area contributed by atoms with Crippen molar-refractivity contribution in [1.29, 1.82) is 0 Å². The molecule has 1 heterocycles. The first-order valence-corrected chi connectivity index (χ1v) is 13.3. The minimum absolute atomic E-state index is 0.383. The quantitative estimate of drug-likeness (QED) is 0.628. The van der Waals surface area contributed by atoms with E-state index in [2.05, 4.69) is 44.7 Å². The standard InChI is InChI=1S/C28H47NO3/c1-19(2)27-18-32-13-12-29(27)17-20(3)25-9-10-26-22(6-5-11-28(25,26)4)8-7-21-14-23(30)16-24(31)15-21/h7-8,19-20,23-27,30-31H,5-6,9-18H2,1-4H3/b22-8+/t20?,23-,24-,25-,26+,27-,28-/m1/s1. The van der Waals surface area contributed by atoms with Crippen LogP contribution in [0.25, 0.3) is 0 Å². The highest BCUT2D eigenvalue weighted by Gasteiger charge is 2.51. The molecule has 2 N–H and O–H groups in total. The number of fused-ring (bicyclic) bond motifs is 1. The average molecular weight is 446 g/mol. The van der Waals surface area contributed by atoms with Gasteiger partial charge in [-0.25, -0.2) is 0 Å². The summed E-state index contributed by atoms with van der Waals surface area (Å²) in [7, 11) is 0. The predicted molar refractivity (Wildman–Crippen MR) is 130 cm³/mol. The van der Waals surface area contributed by atoms with Crippen molar-refractivity contribution in [2.45, 2.75) is 97.3 Å². The molecule has 32 heavy (non-hydrogen) atoms. The molecule has 3 aliphatic carbocycles. The van der Waals surface area contributed by atoms with Crippen molar-refractivity contribution < 1.29 is 14.9 Å². The van der Waals surface area contributed by atoms with E-state index >= 15 is 0 Å². The molecule has 0 aromatic heterocycles. The molecule has 1 aliphatic heterocycles. The second kappa shape index (κ2) is 10.3. The fourth-order valence-electron chi connectivity index (χ4n) is 7.74. The Morgan fingerprint density at radius 3 is 2.59 bits per heavy atom. The number of ether oxygens (including phenoxy) is 1. The Hall–Kier alpha value is -0.680. The molecule has 0 amide bonds. The number of allylic oxidation sites excluding steroid dienone is 3. The van der Waals surface area contributed by atoms with Crippen molar-refractivity contribution in [3.63, 3.8) is 0 Å². The lowest BCUT2D eigenvalue weighted by Gasteiger charge is -2.46. The van der Waals surface area contributed by atoms with Gasteiger partial charge >= 0.3 is 0 Å². The van der Waals surface area contributed by atoms with Crippen LogP contribution in [0.2, 0.25) is 0 Å². The van der Waals surface area contributed by atoms with E-state index in [0.29, 0.717) is 35.6 Å². The molecule has 4 aliphatic rings. The summed E-state index contributed by atoms with van der Waals surface area (Å²) in [4.78, 5) is 2.72. The van der Waals surface area contributed by atoms with E-state index in [9.17, 15) is 10.2 Å². The first kappa shape index (κ1) is 24.4. The molecule has 4 fully saturated rings. The maximum atomic E-state index is 10.0. The van der Waals surface area contributed by atoms with Gasteiger partial charge in [0.1, 0.15) is 0 Å². The van der Waals surface area contributed by atoms with Crippen molar-refractivity contribution in [2.75, 3.05) is 26.3 Å².